The predicted octanol–water partition coefficient (Wildman–Crippen LogP) is 0.0491. The summed E-state index contributed by atoms with van der Waals surface area (Å²) >= 11 is 0. The summed E-state index contributed by atoms with van der Waals surface area (Å²) in [6.07, 6.45) is 3.82. The number of carbonyl (C=O) groups is 2. The summed E-state index contributed by atoms with van der Waals surface area (Å²) in [6, 6.07) is -0.460. The van der Waals surface area contributed by atoms with E-state index in [4.69, 9.17) is 5.11 Å². The Labute approximate surface area is 125 Å². The summed E-state index contributed by atoms with van der Waals surface area (Å²) in [7, 11) is 0. The predicted molar refractivity (Wildman–Crippen MR) is 79.4 cm³/mol. The maximum absolute atomic E-state index is 12.5. The first-order valence-electron chi connectivity index (χ1n) is 7.45. The molecule has 0 aromatic rings. The van der Waals surface area contributed by atoms with E-state index in [1.54, 1.807) is 17.9 Å². The number of hydrogen-bond acceptors (Lipinski definition) is 4. The highest BCUT2D eigenvalue weighted by molar-refractivity contribution is 5.86. The van der Waals surface area contributed by atoms with Crippen LogP contribution in [0.2, 0.25) is 0 Å². The molecule has 1 aliphatic heterocycles. The van der Waals surface area contributed by atoms with E-state index >= 15 is 0 Å². The van der Waals surface area contributed by atoms with Crippen molar-refractivity contribution >= 4 is 11.8 Å². The maximum atomic E-state index is 12.5. The normalized spacial score (nSPS) is 20.9. The molecule has 1 heterocycles. The van der Waals surface area contributed by atoms with E-state index in [9.17, 15) is 14.7 Å². The first-order valence-corrected chi connectivity index (χ1v) is 7.45. The molecule has 3 N–H and O–H groups in total. The monoisotopic (exact) mass is 298 g/mol. The van der Waals surface area contributed by atoms with E-state index < -0.39 is 5.92 Å². The summed E-state index contributed by atoms with van der Waals surface area (Å²) in [5.74, 6) is -0.810. The average Bonchev–Trinajstić information content (AvgIpc) is 2.94. The topological polar surface area (TPSA) is 89.9 Å². The Balaban J connectivity index is 2.65. The van der Waals surface area contributed by atoms with Gasteiger partial charge in [-0.15, -0.1) is 6.58 Å². The van der Waals surface area contributed by atoms with Crippen molar-refractivity contribution < 1.29 is 19.8 Å². The Morgan fingerprint density at radius 1 is 1.48 bits per heavy atom. The highest BCUT2D eigenvalue weighted by Gasteiger charge is 2.33. The minimum absolute atomic E-state index is 0.0414. The van der Waals surface area contributed by atoms with Gasteiger partial charge in [0, 0.05) is 19.0 Å². The van der Waals surface area contributed by atoms with Gasteiger partial charge in [0.25, 0.3) is 0 Å². The Hall–Kier alpha value is -1.40. The van der Waals surface area contributed by atoms with Gasteiger partial charge in [-0.2, -0.15) is 0 Å². The summed E-state index contributed by atoms with van der Waals surface area (Å²) < 4.78 is 0. The van der Waals surface area contributed by atoms with E-state index in [0.29, 0.717) is 13.0 Å². The zero-order valence-corrected chi connectivity index (χ0v) is 12.6. The standard InChI is InChI=1S/C15H26N2O4/c1-3-5-12(8-14(20)16-11(2)9-18)15(21)17-7-4-6-13(17)10-19/h3,11-13,18-19H,1,4-10H2,2H3,(H,16,20)/t11-,12-,13+/m1/s1. The highest BCUT2D eigenvalue weighted by Crippen LogP contribution is 2.22. The van der Waals surface area contributed by atoms with Crippen LogP contribution >= 0.6 is 0 Å². The van der Waals surface area contributed by atoms with Crippen LogP contribution in [0.25, 0.3) is 0 Å². The van der Waals surface area contributed by atoms with Crippen LogP contribution in [-0.2, 0) is 9.59 Å². The van der Waals surface area contributed by atoms with Gasteiger partial charge in [-0.25, -0.2) is 0 Å². The first-order chi connectivity index (χ1) is 10.0. The SMILES string of the molecule is C=CC[C@H](CC(=O)N[C@H](C)CO)C(=O)N1CCC[C@H]1CO. The molecule has 0 aromatic carbocycles. The molecule has 0 aromatic heterocycles. The number of nitrogens with one attached hydrogen (secondary N) is 1. The van der Waals surface area contributed by atoms with Gasteiger partial charge < -0.3 is 20.4 Å². The van der Waals surface area contributed by atoms with Crippen LogP contribution in [-0.4, -0.2) is 58.8 Å². The number of nitrogens with zero attached hydrogens (tertiary/aromatic N) is 1. The maximum Gasteiger partial charge on any atom is 0.226 e. The number of aliphatic hydroxyl groups excluding tert-OH is 2. The fourth-order valence-corrected chi connectivity index (χ4v) is 2.63. The van der Waals surface area contributed by atoms with Crippen molar-refractivity contribution in [2.24, 2.45) is 5.92 Å². The van der Waals surface area contributed by atoms with Gasteiger partial charge >= 0.3 is 0 Å². The van der Waals surface area contributed by atoms with Gasteiger partial charge in [0.05, 0.1) is 25.2 Å². The molecule has 6 heteroatoms. The average molecular weight is 298 g/mol. The molecule has 0 spiro atoms. The summed E-state index contributed by atoms with van der Waals surface area (Å²) in [4.78, 5) is 26.1. The van der Waals surface area contributed by atoms with Crippen molar-refractivity contribution in [3.8, 4) is 0 Å². The zero-order valence-electron chi connectivity index (χ0n) is 12.6. The van der Waals surface area contributed by atoms with Crippen LogP contribution < -0.4 is 5.32 Å². The lowest BCUT2D eigenvalue weighted by Gasteiger charge is -2.27. The van der Waals surface area contributed by atoms with Crippen molar-refractivity contribution in [1.29, 1.82) is 0 Å². The fraction of sp³-hybridized carbons (Fsp3) is 0.733. The van der Waals surface area contributed by atoms with Gasteiger partial charge in [-0.1, -0.05) is 6.08 Å². The van der Waals surface area contributed by atoms with Crippen LogP contribution in [0, 0.1) is 5.92 Å². The molecule has 1 aliphatic rings. The number of aliphatic hydroxyl groups is 2. The van der Waals surface area contributed by atoms with E-state index in [2.05, 4.69) is 11.9 Å². The molecule has 21 heavy (non-hydrogen) atoms. The van der Waals surface area contributed by atoms with Gasteiger partial charge in [0.1, 0.15) is 0 Å². The van der Waals surface area contributed by atoms with Gasteiger partial charge in [-0.05, 0) is 26.2 Å². The molecule has 0 saturated carbocycles. The fourth-order valence-electron chi connectivity index (χ4n) is 2.63. The van der Waals surface area contributed by atoms with E-state index in [1.165, 1.54) is 0 Å². The van der Waals surface area contributed by atoms with Crippen LogP contribution in [0.1, 0.15) is 32.6 Å². The Bertz CT molecular complexity index is 373. The summed E-state index contributed by atoms with van der Waals surface area (Å²) in [6.45, 7) is 5.80. The molecule has 3 atom stereocenters. The van der Waals surface area contributed by atoms with Crippen LogP contribution in [0.5, 0.6) is 0 Å². The third kappa shape index (κ3) is 5.13. The Morgan fingerprint density at radius 2 is 2.19 bits per heavy atom. The lowest BCUT2D eigenvalue weighted by molar-refractivity contribution is -0.139. The second-order valence-electron chi connectivity index (χ2n) is 5.59. The Kier molecular flexibility index (Phi) is 7.39. The molecule has 0 radical (unpaired) electrons. The largest absolute Gasteiger partial charge is 0.394 e. The van der Waals surface area contributed by atoms with Crippen molar-refractivity contribution in [3.05, 3.63) is 12.7 Å². The van der Waals surface area contributed by atoms with Crippen molar-refractivity contribution in [2.75, 3.05) is 19.8 Å². The van der Waals surface area contributed by atoms with E-state index in [1.807, 2.05) is 0 Å². The highest BCUT2D eigenvalue weighted by atomic mass is 16.3. The lowest BCUT2D eigenvalue weighted by atomic mass is 9.98. The molecule has 0 aliphatic carbocycles. The molecule has 2 amide bonds. The van der Waals surface area contributed by atoms with Gasteiger partial charge in [0.2, 0.25) is 11.8 Å². The minimum Gasteiger partial charge on any atom is -0.394 e. The van der Waals surface area contributed by atoms with Gasteiger partial charge in [-0.3, -0.25) is 9.59 Å². The number of carbonyl (C=O) groups excluding carboxylic acids is 2. The molecule has 120 valence electrons. The second kappa shape index (κ2) is 8.79. The second-order valence-corrected chi connectivity index (χ2v) is 5.59. The smallest absolute Gasteiger partial charge is 0.226 e. The first kappa shape index (κ1) is 17.7. The van der Waals surface area contributed by atoms with Crippen LogP contribution in [0.3, 0.4) is 0 Å². The van der Waals surface area contributed by atoms with Gasteiger partial charge in [0.15, 0.2) is 0 Å². The molecule has 1 rings (SSSR count). The van der Waals surface area contributed by atoms with Crippen molar-refractivity contribution in [3.63, 3.8) is 0 Å². The molecule has 6 nitrogen and oxygen atoms in total. The minimum atomic E-state index is -0.458. The summed E-state index contributed by atoms with van der Waals surface area (Å²) in [5, 5.41) is 20.9. The number of amides is 2. The number of allylic oxidation sites excluding steroid dienone is 1. The van der Waals surface area contributed by atoms with Crippen LogP contribution in [0.4, 0.5) is 0 Å². The molecule has 1 saturated heterocycles. The molecule has 1 fully saturated rings. The number of hydrogen-bond donors (Lipinski definition) is 3. The third-order valence-electron chi connectivity index (χ3n) is 3.78. The number of rotatable bonds is 8. The lowest BCUT2D eigenvalue weighted by Crippen LogP contribution is -2.43. The molecule has 0 bridgehead atoms. The van der Waals surface area contributed by atoms with Crippen molar-refractivity contribution in [2.45, 2.75) is 44.7 Å². The van der Waals surface area contributed by atoms with Crippen LogP contribution in [0.15, 0.2) is 12.7 Å². The number of likely N-dealkylation sites (tertiary alicyclic amines) is 1. The summed E-state index contributed by atoms with van der Waals surface area (Å²) in [5.41, 5.74) is 0. The quantitative estimate of drug-likeness (QED) is 0.552. The third-order valence-corrected chi connectivity index (χ3v) is 3.78. The van der Waals surface area contributed by atoms with E-state index in [-0.39, 0.29) is 43.5 Å². The molecule has 0 unspecified atom stereocenters. The van der Waals surface area contributed by atoms with E-state index in [0.717, 1.165) is 12.8 Å². The Morgan fingerprint density at radius 3 is 2.76 bits per heavy atom. The van der Waals surface area contributed by atoms with Crippen molar-refractivity contribution in [1.82, 2.24) is 10.2 Å². The zero-order chi connectivity index (χ0) is 15.8. The molecular formula is C15H26N2O4. The molecular weight excluding hydrogens is 272 g/mol.